The summed E-state index contributed by atoms with van der Waals surface area (Å²) in [6, 6.07) is 17.9. The van der Waals surface area contributed by atoms with E-state index in [1.807, 2.05) is 36.4 Å². The molecule has 3 atom stereocenters. The van der Waals surface area contributed by atoms with Gasteiger partial charge in [0.2, 0.25) is 0 Å². The fourth-order valence-corrected chi connectivity index (χ4v) is 4.72. The molecule has 0 amide bonds. The molecule has 5 nitrogen and oxygen atoms in total. The third-order valence-electron chi connectivity index (χ3n) is 6.45. The van der Waals surface area contributed by atoms with Crippen molar-refractivity contribution in [2.75, 3.05) is 18.4 Å². The van der Waals surface area contributed by atoms with Crippen molar-refractivity contribution in [2.45, 2.75) is 38.6 Å². The predicted octanol–water partition coefficient (Wildman–Crippen LogP) is 4.88. The molecule has 3 aromatic rings. The zero-order valence-corrected chi connectivity index (χ0v) is 19.0. The van der Waals surface area contributed by atoms with Crippen LogP contribution in [0.4, 0.5) is 10.1 Å². The Labute approximate surface area is 194 Å². The summed E-state index contributed by atoms with van der Waals surface area (Å²) in [4.78, 5) is 15.5. The molecule has 0 unspecified atom stereocenters. The van der Waals surface area contributed by atoms with E-state index in [2.05, 4.69) is 41.6 Å². The van der Waals surface area contributed by atoms with Crippen molar-refractivity contribution in [3.8, 4) is 0 Å². The quantitative estimate of drug-likeness (QED) is 0.459. The van der Waals surface area contributed by atoms with E-state index in [0.717, 1.165) is 47.6 Å². The Morgan fingerprint density at radius 1 is 1.24 bits per heavy atom. The second kappa shape index (κ2) is 10.1. The van der Waals surface area contributed by atoms with E-state index < -0.39 is 5.97 Å². The standard InChI is InChI=1S/C27H30FN3O2/c1-17-8-9-19(11-26(32)33)10-23(17)18(2)14-31-27(20-6-4-3-5-7-20)21-12-24-25(29-15-21)13-22(28)16-30-24/h3-10,13,16,18,21,27,29,31H,11-12,14-15H2,1-2H3,(H,32,33)/t18-,21-,27+/m0/s1. The summed E-state index contributed by atoms with van der Waals surface area (Å²) >= 11 is 0. The number of hydrogen-bond acceptors (Lipinski definition) is 4. The fourth-order valence-electron chi connectivity index (χ4n) is 4.72. The topological polar surface area (TPSA) is 74.2 Å². The number of halogens is 1. The third kappa shape index (κ3) is 5.57. The van der Waals surface area contributed by atoms with Crippen molar-refractivity contribution in [1.82, 2.24) is 10.3 Å². The predicted molar refractivity (Wildman–Crippen MR) is 128 cm³/mol. The van der Waals surface area contributed by atoms with Crippen LogP contribution in [0.5, 0.6) is 0 Å². The molecular weight excluding hydrogens is 417 g/mol. The summed E-state index contributed by atoms with van der Waals surface area (Å²) < 4.78 is 13.6. The first-order valence-corrected chi connectivity index (χ1v) is 11.4. The number of fused-ring (bicyclic) bond motifs is 1. The number of aromatic nitrogens is 1. The second-order valence-electron chi connectivity index (χ2n) is 8.95. The minimum absolute atomic E-state index is 0.0286. The number of carboxylic acids is 1. The molecule has 172 valence electrons. The van der Waals surface area contributed by atoms with Crippen LogP contribution in [-0.2, 0) is 17.6 Å². The number of nitrogens with zero attached hydrogens (tertiary/aromatic N) is 1. The Morgan fingerprint density at radius 2 is 2.03 bits per heavy atom. The number of aliphatic carboxylic acids is 1. The number of pyridine rings is 1. The zero-order chi connectivity index (χ0) is 23.4. The number of anilines is 1. The van der Waals surface area contributed by atoms with E-state index >= 15 is 0 Å². The molecule has 0 bridgehead atoms. The van der Waals surface area contributed by atoms with Gasteiger partial charge in [0.05, 0.1) is 24.0 Å². The maximum Gasteiger partial charge on any atom is 0.307 e. The highest BCUT2D eigenvalue weighted by Gasteiger charge is 2.28. The summed E-state index contributed by atoms with van der Waals surface area (Å²) in [5, 5.41) is 16.3. The molecule has 6 heteroatoms. The first-order chi connectivity index (χ1) is 15.9. The normalized spacial score (nSPS) is 17.0. The van der Waals surface area contributed by atoms with Crippen LogP contribution in [0.3, 0.4) is 0 Å². The van der Waals surface area contributed by atoms with Crippen LogP contribution in [0, 0.1) is 18.7 Å². The van der Waals surface area contributed by atoms with Crippen LogP contribution in [0.25, 0.3) is 0 Å². The molecule has 1 aromatic heterocycles. The average Bonchev–Trinajstić information content (AvgIpc) is 2.80. The molecule has 0 saturated heterocycles. The number of hydrogen-bond donors (Lipinski definition) is 3. The lowest BCUT2D eigenvalue weighted by Gasteiger charge is -2.34. The highest BCUT2D eigenvalue weighted by atomic mass is 19.1. The first kappa shape index (κ1) is 22.9. The van der Waals surface area contributed by atoms with Gasteiger partial charge in [-0.1, -0.05) is 55.5 Å². The Bertz CT molecular complexity index is 1120. The largest absolute Gasteiger partial charge is 0.481 e. The summed E-state index contributed by atoms with van der Waals surface area (Å²) in [5.41, 5.74) is 6.02. The van der Waals surface area contributed by atoms with Gasteiger partial charge in [-0.3, -0.25) is 9.78 Å². The van der Waals surface area contributed by atoms with Gasteiger partial charge in [-0.25, -0.2) is 4.39 Å². The zero-order valence-electron chi connectivity index (χ0n) is 19.0. The lowest BCUT2D eigenvalue weighted by atomic mass is 9.85. The van der Waals surface area contributed by atoms with Crippen molar-refractivity contribution in [3.05, 3.63) is 94.6 Å². The molecular formula is C27H30FN3O2. The van der Waals surface area contributed by atoms with Gasteiger partial charge in [0.25, 0.3) is 0 Å². The van der Waals surface area contributed by atoms with Gasteiger partial charge in [-0.2, -0.15) is 0 Å². The van der Waals surface area contributed by atoms with E-state index in [1.54, 1.807) is 0 Å². The van der Waals surface area contributed by atoms with Crippen molar-refractivity contribution in [3.63, 3.8) is 0 Å². The van der Waals surface area contributed by atoms with Crippen LogP contribution in [-0.4, -0.2) is 29.1 Å². The molecule has 33 heavy (non-hydrogen) atoms. The van der Waals surface area contributed by atoms with E-state index in [9.17, 15) is 9.18 Å². The van der Waals surface area contributed by atoms with Crippen molar-refractivity contribution >= 4 is 11.7 Å². The summed E-state index contributed by atoms with van der Waals surface area (Å²) in [6.07, 6.45) is 2.07. The average molecular weight is 448 g/mol. The van der Waals surface area contributed by atoms with Crippen molar-refractivity contribution in [1.29, 1.82) is 0 Å². The monoisotopic (exact) mass is 447 g/mol. The Balaban J connectivity index is 1.52. The number of aryl methyl sites for hydroxylation is 1. The summed E-state index contributed by atoms with van der Waals surface area (Å²) in [6.45, 7) is 5.71. The number of carbonyl (C=O) groups is 1. The molecule has 3 N–H and O–H groups in total. The molecule has 4 rings (SSSR count). The Hall–Kier alpha value is -3.25. The van der Waals surface area contributed by atoms with Gasteiger partial charge in [0.15, 0.2) is 0 Å². The molecule has 0 aliphatic carbocycles. The molecule has 0 spiro atoms. The summed E-state index contributed by atoms with van der Waals surface area (Å²) in [5.74, 6) is -0.685. The fraction of sp³-hybridized carbons (Fsp3) is 0.333. The van der Waals surface area contributed by atoms with Crippen LogP contribution < -0.4 is 10.6 Å². The molecule has 2 heterocycles. The van der Waals surface area contributed by atoms with Crippen molar-refractivity contribution < 1.29 is 14.3 Å². The molecule has 0 saturated carbocycles. The van der Waals surface area contributed by atoms with Gasteiger partial charge in [0.1, 0.15) is 5.82 Å². The van der Waals surface area contributed by atoms with Crippen LogP contribution in [0.1, 0.15) is 46.8 Å². The lowest BCUT2D eigenvalue weighted by Crippen LogP contribution is -2.38. The van der Waals surface area contributed by atoms with E-state index in [0.29, 0.717) is 0 Å². The first-order valence-electron chi connectivity index (χ1n) is 11.4. The maximum atomic E-state index is 13.6. The van der Waals surface area contributed by atoms with Crippen LogP contribution in [0.2, 0.25) is 0 Å². The van der Waals surface area contributed by atoms with Gasteiger partial charge in [-0.15, -0.1) is 0 Å². The molecule has 1 aliphatic rings. The number of nitrogens with one attached hydrogen (secondary N) is 2. The van der Waals surface area contributed by atoms with E-state index in [-0.39, 0.29) is 30.1 Å². The summed E-state index contributed by atoms with van der Waals surface area (Å²) in [7, 11) is 0. The highest BCUT2D eigenvalue weighted by molar-refractivity contribution is 5.70. The smallest absolute Gasteiger partial charge is 0.307 e. The number of rotatable bonds is 8. The highest BCUT2D eigenvalue weighted by Crippen LogP contribution is 2.32. The SMILES string of the molecule is Cc1ccc(CC(=O)O)cc1[C@@H](C)CN[C@H](c1ccccc1)[C@@H]1CNc2cc(F)cnc2C1. The number of benzene rings is 2. The molecule has 0 fully saturated rings. The minimum Gasteiger partial charge on any atom is -0.481 e. The maximum absolute atomic E-state index is 13.6. The Morgan fingerprint density at radius 3 is 2.79 bits per heavy atom. The number of carboxylic acid groups (broad SMARTS) is 1. The Kier molecular flexibility index (Phi) is 7.04. The molecule has 0 radical (unpaired) electrons. The van der Waals surface area contributed by atoms with Gasteiger partial charge >= 0.3 is 5.97 Å². The van der Waals surface area contributed by atoms with Gasteiger partial charge < -0.3 is 15.7 Å². The van der Waals surface area contributed by atoms with Gasteiger partial charge in [0, 0.05) is 31.1 Å². The molecule has 1 aliphatic heterocycles. The van der Waals surface area contributed by atoms with Crippen LogP contribution >= 0.6 is 0 Å². The minimum atomic E-state index is -0.821. The molecule has 2 aromatic carbocycles. The van der Waals surface area contributed by atoms with E-state index in [4.69, 9.17) is 5.11 Å². The van der Waals surface area contributed by atoms with E-state index in [1.165, 1.54) is 17.8 Å². The second-order valence-corrected chi connectivity index (χ2v) is 8.95. The van der Waals surface area contributed by atoms with Crippen molar-refractivity contribution in [2.24, 2.45) is 5.92 Å². The van der Waals surface area contributed by atoms with Gasteiger partial charge in [-0.05, 0) is 41.5 Å². The lowest BCUT2D eigenvalue weighted by molar-refractivity contribution is -0.136. The third-order valence-corrected chi connectivity index (χ3v) is 6.45. The van der Waals surface area contributed by atoms with Crippen LogP contribution in [0.15, 0.2) is 60.8 Å².